The first kappa shape index (κ1) is 19.7. The summed E-state index contributed by atoms with van der Waals surface area (Å²) in [5.74, 6) is -0.0295. The lowest BCUT2D eigenvalue weighted by atomic mass is 9.89. The number of aryl methyl sites for hydroxylation is 2. The van der Waals surface area contributed by atoms with Crippen LogP contribution in [0.3, 0.4) is 0 Å². The van der Waals surface area contributed by atoms with E-state index in [0.717, 1.165) is 24.8 Å². The molecule has 0 radical (unpaired) electrons. The van der Waals surface area contributed by atoms with Gasteiger partial charge in [-0.2, -0.15) is 0 Å². The number of urea groups is 1. The third-order valence-electron chi connectivity index (χ3n) is 5.83. The van der Waals surface area contributed by atoms with Crippen molar-refractivity contribution in [3.8, 4) is 0 Å². The van der Waals surface area contributed by atoms with Crippen LogP contribution in [0.5, 0.6) is 0 Å². The number of fused-ring (bicyclic) bond motifs is 1. The molecule has 0 unspecified atom stereocenters. The fourth-order valence-corrected chi connectivity index (χ4v) is 4.19. The van der Waals surface area contributed by atoms with Crippen LogP contribution < -0.4 is 16.0 Å². The molecule has 3 rings (SSSR count). The predicted octanol–water partition coefficient (Wildman–Crippen LogP) is 3.76. The molecule has 1 saturated carbocycles. The van der Waals surface area contributed by atoms with Crippen molar-refractivity contribution in [2.75, 3.05) is 6.54 Å². The largest absolute Gasteiger partial charge is 0.350 e. The number of nitrogens with one attached hydrogen (secondary N) is 3. The molecule has 0 saturated heterocycles. The summed E-state index contributed by atoms with van der Waals surface area (Å²) in [6.45, 7) is 2.38. The summed E-state index contributed by atoms with van der Waals surface area (Å²) in [7, 11) is 0. The third-order valence-corrected chi connectivity index (χ3v) is 5.83. The summed E-state index contributed by atoms with van der Waals surface area (Å²) in [5.41, 5.74) is 4.05. The van der Waals surface area contributed by atoms with Crippen LogP contribution in [0.15, 0.2) is 18.2 Å². The first-order valence-corrected chi connectivity index (χ1v) is 10.6. The molecule has 148 valence electrons. The molecule has 1 fully saturated rings. The Balaban J connectivity index is 1.37. The minimum Gasteiger partial charge on any atom is -0.350 e. The predicted molar refractivity (Wildman–Crippen MR) is 108 cm³/mol. The van der Waals surface area contributed by atoms with Crippen molar-refractivity contribution < 1.29 is 9.59 Å². The summed E-state index contributed by atoms with van der Waals surface area (Å²) in [4.78, 5) is 24.1. The number of benzene rings is 1. The number of amides is 3. The van der Waals surface area contributed by atoms with Gasteiger partial charge in [-0.1, -0.05) is 37.5 Å². The van der Waals surface area contributed by atoms with Gasteiger partial charge in [0.1, 0.15) is 0 Å². The molecule has 3 N–H and O–H groups in total. The summed E-state index contributed by atoms with van der Waals surface area (Å²) in [5, 5.41) is 8.86. The molecule has 3 amide bonds. The molecule has 0 aliphatic heterocycles. The molecule has 2 aliphatic rings. The second kappa shape index (κ2) is 9.77. The molecule has 0 bridgehead atoms. The maximum Gasteiger partial charge on any atom is 0.315 e. The Morgan fingerprint density at radius 1 is 1.04 bits per heavy atom. The average Bonchev–Trinajstić information content (AvgIpc) is 2.68. The normalized spacial score (nSPS) is 18.3. The number of rotatable bonds is 6. The lowest BCUT2D eigenvalue weighted by Crippen LogP contribution is -2.43. The van der Waals surface area contributed by atoms with Gasteiger partial charge in [-0.3, -0.25) is 4.79 Å². The lowest BCUT2D eigenvalue weighted by Gasteiger charge is -2.23. The van der Waals surface area contributed by atoms with E-state index in [1.165, 1.54) is 49.7 Å². The summed E-state index contributed by atoms with van der Waals surface area (Å²) in [6.07, 6.45) is 10.9. The summed E-state index contributed by atoms with van der Waals surface area (Å²) < 4.78 is 0. The maximum absolute atomic E-state index is 12.2. The van der Waals surface area contributed by atoms with Crippen LogP contribution in [0.4, 0.5) is 4.79 Å². The van der Waals surface area contributed by atoms with E-state index in [9.17, 15) is 9.59 Å². The van der Waals surface area contributed by atoms with E-state index in [-0.39, 0.29) is 24.0 Å². The molecule has 1 aromatic carbocycles. The van der Waals surface area contributed by atoms with Gasteiger partial charge in [0.15, 0.2) is 0 Å². The van der Waals surface area contributed by atoms with Crippen LogP contribution >= 0.6 is 0 Å². The Morgan fingerprint density at radius 3 is 2.56 bits per heavy atom. The smallest absolute Gasteiger partial charge is 0.315 e. The zero-order chi connectivity index (χ0) is 19.1. The molecule has 1 aromatic rings. The van der Waals surface area contributed by atoms with E-state index < -0.39 is 0 Å². The van der Waals surface area contributed by atoms with Crippen LogP contribution in [-0.2, 0) is 17.6 Å². The van der Waals surface area contributed by atoms with Crippen molar-refractivity contribution in [1.82, 2.24) is 16.0 Å². The fourth-order valence-electron chi connectivity index (χ4n) is 4.19. The molecular formula is C22H33N3O2. The van der Waals surface area contributed by atoms with Crippen molar-refractivity contribution >= 4 is 11.9 Å². The van der Waals surface area contributed by atoms with Gasteiger partial charge in [-0.05, 0) is 62.1 Å². The quantitative estimate of drug-likeness (QED) is 0.712. The van der Waals surface area contributed by atoms with Gasteiger partial charge in [-0.25, -0.2) is 4.79 Å². The highest BCUT2D eigenvalue weighted by atomic mass is 16.2. The van der Waals surface area contributed by atoms with Gasteiger partial charge in [0, 0.05) is 19.0 Å². The van der Waals surface area contributed by atoms with E-state index in [1.807, 2.05) is 6.92 Å². The first-order valence-electron chi connectivity index (χ1n) is 10.6. The van der Waals surface area contributed by atoms with Gasteiger partial charge in [0.05, 0.1) is 6.04 Å². The van der Waals surface area contributed by atoms with Crippen LogP contribution in [0.2, 0.25) is 0 Å². The standard InChI is InChI=1S/C22H33N3O2/c1-16(18-12-11-17-7-5-6-8-19(17)15-18)24-21(26)13-14-23-22(27)25-20-9-3-2-4-10-20/h11-12,15-16,20H,2-10,13-14H2,1H3,(H,24,26)(H2,23,25,27)/t16-/m1/s1. The molecule has 27 heavy (non-hydrogen) atoms. The Hall–Kier alpha value is -2.04. The summed E-state index contributed by atoms with van der Waals surface area (Å²) in [6, 6.07) is 6.71. The Kier molecular flexibility index (Phi) is 7.13. The number of carbonyl (C=O) groups is 2. The Morgan fingerprint density at radius 2 is 1.78 bits per heavy atom. The van der Waals surface area contributed by atoms with Gasteiger partial charge in [-0.15, -0.1) is 0 Å². The summed E-state index contributed by atoms with van der Waals surface area (Å²) >= 11 is 0. The molecule has 5 heteroatoms. The van der Waals surface area contributed by atoms with Gasteiger partial charge >= 0.3 is 6.03 Å². The van der Waals surface area contributed by atoms with E-state index in [0.29, 0.717) is 13.0 Å². The molecule has 0 heterocycles. The highest BCUT2D eigenvalue weighted by Gasteiger charge is 2.16. The highest BCUT2D eigenvalue weighted by molar-refractivity contribution is 5.78. The van der Waals surface area contributed by atoms with Crippen LogP contribution in [0.1, 0.15) is 81.0 Å². The first-order chi connectivity index (χ1) is 13.1. The Labute approximate surface area is 162 Å². The minimum atomic E-state index is -0.155. The molecule has 1 atom stereocenters. The van der Waals surface area contributed by atoms with Crippen LogP contribution in [-0.4, -0.2) is 24.5 Å². The monoisotopic (exact) mass is 371 g/mol. The van der Waals surface area contributed by atoms with Crippen molar-refractivity contribution in [2.24, 2.45) is 0 Å². The topological polar surface area (TPSA) is 70.2 Å². The fraction of sp³-hybridized carbons (Fsp3) is 0.636. The van der Waals surface area contributed by atoms with Crippen molar-refractivity contribution in [1.29, 1.82) is 0 Å². The van der Waals surface area contributed by atoms with E-state index in [1.54, 1.807) is 0 Å². The SMILES string of the molecule is C[C@@H](NC(=O)CCNC(=O)NC1CCCCC1)c1ccc2c(c1)CCCC2. The van der Waals surface area contributed by atoms with Crippen LogP contribution in [0, 0.1) is 0 Å². The van der Waals surface area contributed by atoms with Crippen molar-refractivity contribution in [2.45, 2.75) is 83.2 Å². The van der Waals surface area contributed by atoms with Gasteiger partial charge in [0.2, 0.25) is 5.91 Å². The maximum atomic E-state index is 12.2. The molecule has 0 aromatic heterocycles. The second-order valence-electron chi connectivity index (χ2n) is 8.01. The van der Waals surface area contributed by atoms with Crippen molar-refractivity contribution in [3.05, 3.63) is 34.9 Å². The Bertz CT molecular complexity index is 653. The number of hydrogen-bond acceptors (Lipinski definition) is 2. The van der Waals surface area contributed by atoms with Gasteiger partial charge < -0.3 is 16.0 Å². The lowest BCUT2D eigenvalue weighted by molar-refractivity contribution is -0.121. The highest BCUT2D eigenvalue weighted by Crippen LogP contribution is 2.24. The molecule has 0 spiro atoms. The third kappa shape index (κ3) is 5.98. The van der Waals surface area contributed by atoms with Crippen LogP contribution in [0.25, 0.3) is 0 Å². The van der Waals surface area contributed by atoms with E-state index >= 15 is 0 Å². The minimum absolute atomic E-state index is 0.0132. The second-order valence-corrected chi connectivity index (χ2v) is 8.01. The average molecular weight is 372 g/mol. The van der Waals surface area contributed by atoms with Gasteiger partial charge in [0.25, 0.3) is 0 Å². The zero-order valence-corrected chi connectivity index (χ0v) is 16.5. The molecule has 5 nitrogen and oxygen atoms in total. The van der Waals surface area contributed by atoms with E-state index in [4.69, 9.17) is 0 Å². The number of hydrogen-bond donors (Lipinski definition) is 3. The molecular weight excluding hydrogens is 338 g/mol. The zero-order valence-electron chi connectivity index (χ0n) is 16.5. The number of carbonyl (C=O) groups excluding carboxylic acids is 2. The van der Waals surface area contributed by atoms with E-state index in [2.05, 4.69) is 34.1 Å². The van der Waals surface area contributed by atoms with Crippen molar-refractivity contribution in [3.63, 3.8) is 0 Å². The molecule has 2 aliphatic carbocycles.